The zero-order chi connectivity index (χ0) is 19.2. The second kappa shape index (κ2) is 9.19. The summed E-state index contributed by atoms with van der Waals surface area (Å²) in [5.74, 6) is 0.868. The van der Waals surface area contributed by atoms with Crippen molar-refractivity contribution in [2.75, 3.05) is 17.6 Å². The van der Waals surface area contributed by atoms with Crippen molar-refractivity contribution in [1.82, 2.24) is 15.5 Å². The SMILES string of the molecule is CC(C)CNc1nnc(SCC(=O)NC(C)c2cccc3ccccc23)s1. The van der Waals surface area contributed by atoms with Crippen molar-refractivity contribution in [3.8, 4) is 0 Å². The van der Waals surface area contributed by atoms with Crippen LogP contribution in [0.2, 0.25) is 0 Å². The highest BCUT2D eigenvalue weighted by Gasteiger charge is 2.14. The Labute approximate surface area is 168 Å². The minimum Gasteiger partial charge on any atom is -0.360 e. The van der Waals surface area contributed by atoms with E-state index in [1.54, 1.807) is 0 Å². The molecule has 27 heavy (non-hydrogen) atoms. The molecule has 1 amide bonds. The van der Waals surface area contributed by atoms with Crippen LogP contribution in [0.5, 0.6) is 0 Å². The van der Waals surface area contributed by atoms with Crippen LogP contribution in [0.15, 0.2) is 46.8 Å². The molecule has 1 aromatic heterocycles. The largest absolute Gasteiger partial charge is 0.360 e. The number of thioether (sulfide) groups is 1. The summed E-state index contributed by atoms with van der Waals surface area (Å²) < 4.78 is 0.800. The monoisotopic (exact) mass is 400 g/mol. The maximum atomic E-state index is 12.4. The molecule has 3 aromatic rings. The topological polar surface area (TPSA) is 66.9 Å². The van der Waals surface area contributed by atoms with Gasteiger partial charge in [0.2, 0.25) is 11.0 Å². The van der Waals surface area contributed by atoms with E-state index in [1.165, 1.54) is 33.9 Å². The van der Waals surface area contributed by atoms with Crippen molar-refractivity contribution in [3.63, 3.8) is 0 Å². The van der Waals surface area contributed by atoms with Gasteiger partial charge in [-0.15, -0.1) is 10.2 Å². The highest BCUT2D eigenvalue weighted by molar-refractivity contribution is 8.01. The number of anilines is 1. The summed E-state index contributed by atoms with van der Waals surface area (Å²) in [7, 11) is 0. The molecule has 3 rings (SSSR count). The van der Waals surface area contributed by atoms with Gasteiger partial charge in [-0.25, -0.2) is 0 Å². The highest BCUT2D eigenvalue weighted by atomic mass is 32.2. The summed E-state index contributed by atoms with van der Waals surface area (Å²) in [5.41, 5.74) is 1.13. The molecule has 0 aliphatic heterocycles. The molecule has 1 atom stereocenters. The number of benzene rings is 2. The first-order valence-corrected chi connectivity index (χ1v) is 10.8. The predicted octanol–water partition coefficient (Wildman–Crippen LogP) is 4.73. The van der Waals surface area contributed by atoms with Gasteiger partial charge in [-0.3, -0.25) is 4.79 Å². The Morgan fingerprint density at radius 2 is 1.89 bits per heavy atom. The molecule has 0 spiro atoms. The Balaban J connectivity index is 1.54. The zero-order valence-electron chi connectivity index (χ0n) is 15.7. The van der Waals surface area contributed by atoms with Crippen molar-refractivity contribution in [1.29, 1.82) is 0 Å². The number of rotatable bonds is 8. The second-order valence-corrected chi connectivity index (χ2v) is 8.99. The molecule has 0 bridgehead atoms. The standard InChI is InChI=1S/C20H24N4OS2/c1-13(2)11-21-19-23-24-20(27-19)26-12-18(25)22-14(3)16-10-6-8-15-7-4-5-9-17(15)16/h4-10,13-14H,11-12H2,1-3H3,(H,21,23)(H,22,25). The molecule has 0 saturated heterocycles. The van der Waals surface area contributed by atoms with E-state index in [0.717, 1.165) is 21.6 Å². The Kier molecular flexibility index (Phi) is 6.68. The van der Waals surface area contributed by atoms with Gasteiger partial charge in [0, 0.05) is 6.54 Å². The lowest BCUT2D eigenvalue weighted by Crippen LogP contribution is -2.28. The van der Waals surface area contributed by atoms with Gasteiger partial charge in [0.15, 0.2) is 4.34 Å². The first kappa shape index (κ1) is 19.6. The molecule has 5 nitrogen and oxygen atoms in total. The lowest BCUT2D eigenvalue weighted by Gasteiger charge is -2.16. The van der Waals surface area contributed by atoms with Crippen LogP contribution in [-0.2, 0) is 4.79 Å². The van der Waals surface area contributed by atoms with Crippen LogP contribution in [-0.4, -0.2) is 28.4 Å². The second-order valence-electron chi connectivity index (χ2n) is 6.79. The number of hydrogen-bond acceptors (Lipinski definition) is 6. The first-order valence-electron chi connectivity index (χ1n) is 9.00. The summed E-state index contributed by atoms with van der Waals surface area (Å²) in [6, 6.07) is 14.4. The van der Waals surface area contributed by atoms with Crippen molar-refractivity contribution < 1.29 is 4.79 Å². The Morgan fingerprint density at radius 3 is 2.70 bits per heavy atom. The van der Waals surface area contributed by atoms with E-state index < -0.39 is 0 Å². The molecule has 142 valence electrons. The number of aromatic nitrogens is 2. The molecular weight excluding hydrogens is 376 g/mol. The van der Waals surface area contributed by atoms with E-state index in [2.05, 4.69) is 58.9 Å². The van der Waals surface area contributed by atoms with Gasteiger partial charge in [-0.05, 0) is 29.2 Å². The minimum absolute atomic E-state index is 0.00711. The molecule has 0 aliphatic carbocycles. The van der Waals surface area contributed by atoms with Crippen molar-refractivity contribution >= 4 is 44.9 Å². The van der Waals surface area contributed by atoms with E-state index in [0.29, 0.717) is 11.7 Å². The number of nitrogens with one attached hydrogen (secondary N) is 2. The molecule has 2 aromatic carbocycles. The third-order valence-corrected chi connectivity index (χ3v) is 6.08. The summed E-state index contributed by atoms with van der Waals surface area (Å²) in [6.45, 7) is 7.17. The number of hydrogen-bond donors (Lipinski definition) is 2. The maximum Gasteiger partial charge on any atom is 0.230 e. The number of amides is 1. The molecule has 0 fully saturated rings. The Morgan fingerprint density at radius 1 is 1.11 bits per heavy atom. The van der Waals surface area contributed by atoms with Crippen molar-refractivity contribution in [3.05, 3.63) is 48.0 Å². The van der Waals surface area contributed by atoms with Gasteiger partial charge in [-0.1, -0.05) is 79.4 Å². The van der Waals surface area contributed by atoms with Gasteiger partial charge >= 0.3 is 0 Å². The third-order valence-electron chi connectivity index (χ3n) is 4.06. The van der Waals surface area contributed by atoms with Crippen LogP contribution in [0.1, 0.15) is 32.4 Å². The lowest BCUT2D eigenvalue weighted by molar-refractivity contribution is -0.119. The molecule has 0 saturated carbocycles. The first-order chi connectivity index (χ1) is 13.0. The van der Waals surface area contributed by atoms with Gasteiger partial charge in [-0.2, -0.15) is 0 Å². The Bertz CT molecular complexity index is 904. The van der Waals surface area contributed by atoms with E-state index in [1.807, 2.05) is 25.1 Å². The van der Waals surface area contributed by atoms with Crippen LogP contribution >= 0.6 is 23.1 Å². The lowest BCUT2D eigenvalue weighted by atomic mass is 10.00. The summed E-state index contributed by atoms with van der Waals surface area (Å²) in [5, 5.41) is 17.7. The molecule has 0 radical (unpaired) electrons. The number of nitrogens with zero attached hydrogens (tertiary/aromatic N) is 2. The number of carbonyl (C=O) groups is 1. The molecule has 7 heteroatoms. The molecule has 0 aliphatic rings. The fourth-order valence-electron chi connectivity index (χ4n) is 2.75. The van der Waals surface area contributed by atoms with Gasteiger partial charge in [0.05, 0.1) is 11.8 Å². The van der Waals surface area contributed by atoms with Crippen LogP contribution in [0.25, 0.3) is 10.8 Å². The smallest absolute Gasteiger partial charge is 0.230 e. The van der Waals surface area contributed by atoms with Gasteiger partial charge < -0.3 is 10.6 Å². The average molecular weight is 401 g/mol. The minimum atomic E-state index is -0.0538. The van der Waals surface area contributed by atoms with Crippen LogP contribution in [0.3, 0.4) is 0 Å². The summed E-state index contributed by atoms with van der Waals surface area (Å²) >= 11 is 2.90. The third kappa shape index (κ3) is 5.43. The van der Waals surface area contributed by atoms with Crippen molar-refractivity contribution in [2.45, 2.75) is 31.2 Å². The molecule has 1 unspecified atom stereocenters. The number of fused-ring (bicyclic) bond motifs is 1. The van der Waals surface area contributed by atoms with E-state index in [-0.39, 0.29) is 11.9 Å². The van der Waals surface area contributed by atoms with Crippen LogP contribution in [0.4, 0.5) is 5.13 Å². The predicted molar refractivity (Wildman–Crippen MR) is 114 cm³/mol. The average Bonchev–Trinajstić information content (AvgIpc) is 3.12. The van der Waals surface area contributed by atoms with Gasteiger partial charge in [0.1, 0.15) is 0 Å². The molecular formula is C20H24N4OS2. The normalized spacial score (nSPS) is 12.3. The highest BCUT2D eigenvalue weighted by Crippen LogP contribution is 2.27. The van der Waals surface area contributed by atoms with E-state index >= 15 is 0 Å². The quantitative estimate of drug-likeness (QED) is 0.535. The number of carbonyl (C=O) groups excluding carboxylic acids is 1. The van der Waals surface area contributed by atoms with Crippen molar-refractivity contribution in [2.24, 2.45) is 5.92 Å². The summed E-state index contributed by atoms with van der Waals surface area (Å²) in [6.07, 6.45) is 0. The zero-order valence-corrected chi connectivity index (χ0v) is 17.4. The molecule has 1 heterocycles. The fourth-order valence-corrected chi connectivity index (χ4v) is 4.32. The van der Waals surface area contributed by atoms with E-state index in [9.17, 15) is 4.79 Å². The maximum absolute atomic E-state index is 12.4. The summed E-state index contributed by atoms with van der Waals surface area (Å²) in [4.78, 5) is 12.4. The fraction of sp³-hybridized carbons (Fsp3) is 0.350. The van der Waals surface area contributed by atoms with Gasteiger partial charge in [0.25, 0.3) is 0 Å². The molecule has 2 N–H and O–H groups in total. The van der Waals surface area contributed by atoms with Crippen LogP contribution < -0.4 is 10.6 Å². The Hall–Kier alpha value is -2.12. The van der Waals surface area contributed by atoms with E-state index in [4.69, 9.17) is 0 Å². The van der Waals surface area contributed by atoms with Crippen LogP contribution in [0, 0.1) is 5.92 Å².